The second-order valence-corrected chi connectivity index (χ2v) is 7.07. The molecule has 0 bridgehead atoms. The molecule has 0 radical (unpaired) electrons. The van der Waals surface area contributed by atoms with Crippen LogP contribution in [0.15, 0.2) is 30.6 Å². The monoisotopic (exact) mass is 340 g/mol. The molecule has 6 nitrogen and oxygen atoms in total. The van der Waals surface area contributed by atoms with Crippen molar-refractivity contribution in [2.45, 2.75) is 38.1 Å². The Morgan fingerprint density at radius 2 is 2.00 bits per heavy atom. The molecule has 0 atom stereocenters. The second-order valence-electron chi connectivity index (χ2n) is 7.07. The molecule has 0 N–H and O–H groups in total. The Hall–Kier alpha value is -2.37. The molecule has 2 aliphatic rings. The van der Waals surface area contributed by atoms with Crippen molar-refractivity contribution in [1.82, 2.24) is 19.7 Å². The van der Waals surface area contributed by atoms with Crippen LogP contribution in [0.25, 0.3) is 0 Å². The number of likely N-dealkylation sites (tertiary alicyclic amines) is 1. The van der Waals surface area contributed by atoms with E-state index in [1.54, 1.807) is 7.11 Å². The normalized spacial score (nSPS) is 18.4. The van der Waals surface area contributed by atoms with Crippen LogP contribution in [0.3, 0.4) is 0 Å². The Kier molecular flexibility index (Phi) is 4.42. The SMILES string of the molecule is COc1ccccc1C(=O)N1CC(Cc2nncn2C2CCCC2)C1. The molecule has 0 unspecified atom stereocenters. The van der Waals surface area contributed by atoms with Gasteiger partial charge in [0.2, 0.25) is 0 Å². The quantitative estimate of drug-likeness (QED) is 0.840. The lowest BCUT2D eigenvalue weighted by atomic mass is 9.94. The van der Waals surface area contributed by atoms with Gasteiger partial charge in [0.05, 0.1) is 12.7 Å². The first-order chi connectivity index (χ1) is 12.3. The molecule has 1 amide bonds. The molecular formula is C19H24N4O2. The summed E-state index contributed by atoms with van der Waals surface area (Å²) in [7, 11) is 1.60. The van der Waals surface area contributed by atoms with Crippen LogP contribution in [0, 0.1) is 5.92 Å². The third-order valence-corrected chi connectivity index (χ3v) is 5.42. The number of ether oxygens (including phenoxy) is 1. The molecule has 2 heterocycles. The number of amides is 1. The molecule has 132 valence electrons. The van der Waals surface area contributed by atoms with E-state index in [2.05, 4.69) is 14.8 Å². The van der Waals surface area contributed by atoms with Crippen LogP contribution in [0.5, 0.6) is 5.75 Å². The van der Waals surface area contributed by atoms with Crippen molar-refractivity contribution in [3.05, 3.63) is 42.0 Å². The molecule has 1 aliphatic carbocycles. The zero-order valence-corrected chi connectivity index (χ0v) is 14.6. The molecule has 1 saturated carbocycles. The smallest absolute Gasteiger partial charge is 0.257 e. The average Bonchev–Trinajstić information content (AvgIpc) is 3.28. The Balaban J connectivity index is 1.37. The van der Waals surface area contributed by atoms with Gasteiger partial charge < -0.3 is 14.2 Å². The van der Waals surface area contributed by atoms with Crippen LogP contribution in [-0.4, -0.2) is 45.8 Å². The predicted octanol–water partition coefficient (Wildman–Crippen LogP) is 2.72. The summed E-state index contributed by atoms with van der Waals surface area (Å²) in [4.78, 5) is 14.5. The first-order valence-corrected chi connectivity index (χ1v) is 9.07. The Bertz CT molecular complexity index is 745. The number of methoxy groups -OCH3 is 1. The fraction of sp³-hybridized carbons (Fsp3) is 0.526. The molecule has 25 heavy (non-hydrogen) atoms. The van der Waals surface area contributed by atoms with Gasteiger partial charge in [-0.05, 0) is 25.0 Å². The summed E-state index contributed by atoms with van der Waals surface area (Å²) >= 11 is 0. The lowest BCUT2D eigenvalue weighted by molar-refractivity contribution is 0.0492. The third-order valence-electron chi connectivity index (χ3n) is 5.42. The van der Waals surface area contributed by atoms with Crippen molar-refractivity contribution < 1.29 is 9.53 Å². The molecule has 1 aromatic heterocycles. The number of hydrogen-bond acceptors (Lipinski definition) is 4. The van der Waals surface area contributed by atoms with E-state index in [0.717, 1.165) is 25.3 Å². The van der Waals surface area contributed by atoms with Gasteiger partial charge in [-0.2, -0.15) is 0 Å². The van der Waals surface area contributed by atoms with Gasteiger partial charge in [-0.15, -0.1) is 10.2 Å². The lowest BCUT2D eigenvalue weighted by Crippen LogP contribution is -2.51. The summed E-state index contributed by atoms with van der Waals surface area (Å²) in [6.07, 6.45) is 7.83. The second kappa shape index (κ2) is 6.86. The van der Waals surface area contributed by atoms with Crippen LogP contribution in [-0.2, 0) is 6.42 Å². The number of nitrogens with zero attached hydrogens (tertiary/aromatic N) is 4. The molecule has 2 aromatic rings. The van der Waals surface area contributed by atoms with Crippen LogP contribution in [0.2, 0.25) is 0 Å². The number of carbonyl (C=O) groups excluding carboxylic acids is 1. The minimum absolute atomic E-state index is 0.0472. The van der Waals surface area contributed by atoms with E-state index in [1.807, 2.05) is 35.5 Å². The van der Waals surface area contributed by atoms with Crippen molar-refractivity contribution in [2.24, 2.45) is 5.92 Å². The van der Waals surface area contributed by atoms with E-state index in [1.165, 1.54) is 25.7 Å². The molecule has 6 heteroatoms. The Morgan fingerprint density at radius 1 is 1.24 bits per heavy atom. The number of rotatable bonds is 5. The number of hydrogen-bond donors (Lipinski definition) is 0. The van der Waals surface area contributed by atoms with Crippen LogP contribution in [0.1, 0.15) is 47.9 Å². The molecule has 1 aromatic carbocycles. The first-order valence-electron chi connectivity index (χ1n) is 9.07. The number of aromatic nitrogens is 3. The van der Waals surface area contributed by atoms with E-state index in [4.69, 9.17) is 4.74 Å². The number of para-hydroxylation sites is 1. The summed E-state index contributed by atoms with van der Waals surface area (Å²) in [5, 5.41) is 8.45. The average molecular weight is 340 g/mol. The maximum atomic E-state index is 12.6. The zero-order chi connectivity index (χ0) is 17.2. The van der Waals surface area contributed by atoms with Crippen molar-refractivity contribution in [1.29, 1.82) is 0 Å². The fourth-order valence-corrected chi connectivity index (χ4v) is 4.01. The molecular weight excluding hydrogens is 316 g/mol. The minimum atomic E-state index is 0.0472. The lowest BCUT2D eigenvalue weighted by Gasteiger charge is -2.39. The van der Waals surface area contributed by atoms with E-state index in [9.17, 15) is 4.79 Å². The fourth-order valence-electron chi connectivity index (χ4n) is 4.01. The van der Waals surface area contributed by atoms with Crippen molar-refractivity contribution in [3.63, 3.8) is 0 Å². The summed E-state index contributed by atoms with van der Waals surface area (Å²) < 4.78 is 7.56. The summed E-state index contributed by atoms with van der Waals surface area (Å²) in [6, 6.07) is 7.97. The highest BCUT2D eigenvalue weighted by Crippen LogP contribution is 2.31. The maximum Gasteiger partial charge on any atom is 0.257 e. The van der Waals surface area contributed by atoms with E-state index in [-0.39, 0.29) is 5.91 Å². The predicted molar refractivity (Wildman–Crippen MR) is 93.6 cm³/mol. The van der Waals surface area contributed by atoms with E-state index < -0.39 is 0 Å². The van der Waals surface area contributed by atoms with Gasteiger partial charge in [0.1, 0.15) is 17.9 Å². The summed E-state index contributed by atoms with van der Waals surface area (Å²) in [6.45, 7) is 1.54. The van der Waals surface area contributed by atoms with Gasteiger partial charge in [-0.25, -0.2) is 0 Å². The number of carbonyl (C=O) groups is 1. The minimum Gasteiger partial charge on any atom is -0.496 e. The Morgan fingerprint density at radius 3 is 2.76 bits per heavy atom. The van der Waals surface area contributed by atoms with E-state index in [0.29, 0.717) is 23.3 Å². The van der Waals surface area contributed by atoms with Gasteiger partial charge in [-0.1, -0.05) is 25.0 Å². The van der Waals surface area contributed by atoms with Crippen molar-refractivity contribution >= 4 is 5.91 Å². The highest BCUT2D eigenvalue weighted by atomic mass is 16.5. The summed E-state index contributed by atoms with van der Waals surface area (Å²) in [5.41, 5.74) is 0.637. The highest BCUT2D eigenvalue weighted by molar-refractivity contribution is 5.97. The largest absolute Gasteiger partial charge is 0.496 e. The van der Waals surface area contributed by atoms with Gasteiger partial charge in [-0.3, -0.25) is 4.79 Å². The van der Waals surface area contributed by atoms with E-state index >= 15 is 0 Å². The third kappa shape index (κ3) is 3.13. The molecule has 2 fully saturated rings. The first kappa shape index (κ1) is 16.1. The molecule has 1 aliphatic heterocycles. The summed E-state index contributed by atoms with van der Waals surface area (Å²) in [5.74, 6) is 2.21. The topological polar surface area (TPSA) is 60.2 Å². The zero-order valence-electron chi connectivity index (χ0n) is 14.6. The van der Waals surface area contributed by atoms with Gasteiger partial charge in [0.25, 0.3) is 5.91 Å². The van der Waals surface area contributed by atoms with Crippen LogP contribution in [0.4, 0.5) is 0 Å². The standard InChI is InChI=1S/C19H24N4O2/c1-25-17-9-5-4-8-16(17)19(24)22-11-14(12-22)10-18-21-20-13-23(18)15-6-2-3-7-15/h4-5,8-9,13-15H,2-3,6-7,10-12H2,1H3. The molecule has 4 rings (SSSR count). The maximum absolute atomic E-state index is 12.6. The van der Waals surface area contributed by atoms with Crippen LogP contribution < -0.4 is 4.74 Å². The Labute approximate surface area is 147 Å². The van der Waals surface area contributed by atoms with Crippen molar-refractivity contribution in [3.8, 4) is 5.75 Å². The highest BCUT2D eigenvalue weighted by Gasteiger charge is 2.33. The van der Waals surface area contributed by atoms with Gasteiger partial charge >= 0.3 is 0 Å². The van der Waals surface area contributed by atoms with Gasteiger partial charge in [0, 0.05) is 31.5 Å². The van der Waals surface area contributed by atoms with Crippen molar-refractivity contribution in [2.75, 3.05) is 20.2 Å². The van der Waals surface area contributed by atoms with Crippen LogP contribution >= 0.6 is 0 Å². The number of benzene rings is 1. The molecule has 1 saturated heterocycles. The molecule has 0 spiro atoms. The van der Waals surface area contributed by atoms with Gasteiger partial charge in [0.15, 0.2) is 0 Å².